The van der Waals surface area contributed by atoms with E-state index in [1.165, 1.54) is 96.3 Å². The molecule has 0 amide bonds. The molecule has 0 aromatic rings. The summed E-state index contributed by atoms with van der Waals surface area (Å²) in [6.07, 6.45) is 49.6. The Kier molecular flexibility index (Phi) is 38.7. The number of quaternary nitrogens is 1. The lowest BCUT2D eigenvalue weighted by Gasteiger charge is -2.28. The van der Waals surface area contributed by atoms with Gasteiger partial charge in [-0.3, -0.25) is 9.36 Å². The fourth-order valence-electron chi connectivity index (χ4n) is 5.82. The van der Waals surface area contributed by atoms with Crippen LogP contribution in [0.25, 0.3) is 0 Å². The van der Waals surface area contributed by atoms with Crippen molar-refractivity contribution >= 4 is 13.8 Å². The molecule has 0 aliphatic carbocycles. The van der Waals surface area contributed by atoms with Crippen LogP contribution in [0.15, 0.2) is 60.8 Å². The third-order valence-electron chi connectivity index (χ3n) is 9.30. The molecule has 0 fully saturated rings. The molecule has 0 spiro atoms. The third-order valence-corrected chi connectivity index (χ3v) is 10.3. The number of carbonyl (C=O) groups excluding carboxylic acids is 1. The average Bonchev–Trinajstić information content (AvgIpc) is 3.15. The SMILES string of the molecule is CC/C=C\C/C=C\C/C=C\C/C=C\CCCCC(=O)OC(COCCCCCCCCCC/C=C\CCCCCCCCC)COP(=O)([O-])OCC[N+](C)(C)C. The number of unbranched alkanes of at least 4 members (excludes halogenated alkanes) is 17. The van der Waals surface area contributed by atoms with Crippen LogP contribution in [-0.4, -0.2) is 70.7 Å². The lowest BCUT2D eigenvalue weighted by molar-refractivity contribution is -0.870. The molecule has 0 radical (unpaired) electrons. The van der Waals surface area contributed by atoms with E-state index in [2.05, 4.69) is 74.6 Å². The van der Waals surface area contributed by atoms with Crippen molar-refractivity contribution < 1.29 is 37.3 Å². The number of carbonyl (C=O) groups is 1. The summed E-state index contributed by atoms with van der Waals surface area (Å²) in [5.41, 5.74) is 0. The van der Waals surface area contributed by atoms with E-state index in [1.807, 2.05) is 21.1 Å². The molecule has 0 bridgehead atoms. The molecule has 0 saturated heterocycles. The van der Waals surface area contributed by atoms with Crippen molar-refractivity contribution in [3.63, 3.8) is 0 Å². The van der Waals surface area contributed by atoms with Gasteiger partial charge in [0, 0.05) is 13.0 Å². The Balaban J connectivity index is 4.27. The van der Waals surface area contributed by atoms with Crippen LogP contribution in [0.1, 0.15) is 174 Å². The second-order valence-electron chi connectivity index (χ2n) is 16.0. The zero-order valence-electron chi connectivity index (χ0n) is 36.8. The highest BCUT2D eigenvalue weighted by Crippen LogP contribution is 2.38. The normalized spacial score (nSPS) is 14.3. The first-order chi connectivity index (χ1) is 27.1. The number of likely N-dealkylation sites (N-methyl/N-ethyl adjacent to an activating group) is 1. The molecule has 56 heavy (non-hydrogen) atoms. The van der Waals surface area contributed by atoms with E-state index in [0.29, 0.717) is 24.1 Å². The molecular weight excluding hydrogens is 721 g/mol. The van der Waals surface area contributed by atoms with Gasteiger partial charge in [-0.2, -0.15) is 0 Å². The van der Waals surface area contributed by atoms with Gasteiger partial charge < -0.3 is 27.9 Å². The Morgan fingerprint density at radius 1 is 0.571 bits per heavy atom. The number of ether oxygens (including phenoxy) is 2. The summed E-state index contributed by atoms with van der Waals surface area (Å²) >= 11 is 0. The van der Waals surface area contributed by atoms with E-state index >= 15 is 0 Å². The van der Waals surface area contributed by atoms with Gasteiger partial charge in [-0.15, -0.1) is 0 Å². The summed E-state index contributed by atoms with van der Waals surface area (Å²) < 4.78 is 34.5. The van der Waals surface area contributed by atoms with Crippen LogP contribution in [0.4, 0.5) is 0 Å². The second-order valence-corrected chi connectivity index (χ2v) is 17.4. The quantitative estimate of drug-likeness (QED) is 0.0200. The van der Waals surface area contributed by atoms with E-state index < -0.39 is 13.9 Å². The molecule has 0 saturated carbocycles. The Labute approximate surface area is 345 Å². The first-order valence-corrected chi connectivity index (χ1v) is 24.0. The summed E-state index contributed by atoms with van der Waals surface area (Å²) in [7, 11) is 1.32. The van der Waals surface area contributed by atoms with Crippen molar-refractivity contribution in [2.75, 3.05) is 54.1 Å². The van der Waals surface area contributed by atoms with Crippen LogP contribution >= 0.6 is 7.82 Å². The zero-order chi connectivity index (χ0) is 41.3. The first kappa shape index (κ1) is 54.2. The van der Waals surface area contributed by atoms with Crippen molar-refractivity contribution in [3.05, 3.63) is 60.8 Å². The minimum absolute atomic E-state index is 0.0151. The Hall–Kier alpha value is -1.80. The summed E-state index contributed by atoms with van der Waals surface area (Å²) in [5, 5.41) is 0. The molecule has 0 N–H and O–H groups in total. The van der Waals surface area contributed by atoms with Crippen molar-refractivity contribution in [1.29, 1.82) is 0 Å². The Bertz CT molecular complexity index is 1080. The van der Waals surface area contributed by atoms with E-state index in [1.54, 1.807) is 0 Å². The molecule has 0 aromatic heterocycles. The smallest absolute Gasteiger partial charge is 0.306 e. The summed E-state index contributed by atoms with van der Waals surface area (Å²) in [6, 6.07) is 0. The maximum Gasteiger partial charge on any atom is 0.306 e. The van der Waals surface area contributed by atoms with Crippen LogP contribution in [0.2, 0.25) is 0 Å². The molecule has 8 nitrogen and oxygen atoms in total. The lowest BCUT2D eigenvalue weighted by Crippen LogP contribution is -2.37. The number of phosphoric ester groups is 1. The van der Waals surface area contributed by atoms with E-state index in [4.69, 9.17) is 18.5 Å². The average molecular weight is 808 g/mol. The molecular formula is C47H86NO7P. The maximum atomic E-state index is 12.7. The molecule has 0 rings (SSSR count). The maximum absolute atomic E-state index is 12.7. The van der Waals surface area contributed by atoms with Crippen LogP contribution < -0.4 is 4.89 Å². The first-order valence-electron chi connectivity index (χ1n) is 22.5. The van der Waals surface area contributed by atoms with Gasteiger partial charge >= 0.3 is 5.97 Å². The highest BCUT2D eigenvalue weighted by atomic mass is 31.2. The predicted molar refractivity (Wildman–Crippen MR) is 236 cm³/mol. The second kappa shape index (κ2) is 40.0. The number of phosphoric acid groups is 1. The van der Waals surface area contributed by atoms with Gasteiger partial charge in [-0.25, -0.2) is 0 Å². The van der Waals surface area contributed by atoms with Crippen molar-refractivity contribution in [2.45, 2.75) is 180 Å². The van der Waals surface area contributed by atoms with Crippen LogP contribution in [0.3, 0.4) is 0 Å². The van der Waals surface area contributed by atoms with Gasteiger partial charge in [0.05, 0.1) is 34.4 Å². The minimum atomic E-state index is -4.54. The third kappa shape index (κ3) is 43.3. The number of hydrogen-bond acceptors (Lipinski definition) is 7. The van der Waals surface area contributed by atoms with E-state index in [9.17, 15) is 14.3 Å². The Morgan fingerprint density at radius 3 is 1.57 bits per heavy atom. The molecule has 0 aliphatic rings. The van der Waals surface area contributed by atoms with Crippen molar-refractivity contribution in [1.82, 2.24) is 0 Å². The number of esters is 1. The van der Waals surface area contributed by atoms with Gasteiger partial charge in [0.1, 0.15) is 19.3 Å². The number of allylic oxidation sites excluding steroid dienone is 10. The highest BCUT2D eigenvalue weighted by molar-refractivity contribution is 7.45. The molecule has 9 heteroatoms. The van der Waals surface area contributed by atoms with Gasteiger partial charge in [0.2, 0.25) is 0 Å². The van der Waals surface area contributed by atoms with Crippen molar-refractivity contribution in [3.8, 4) is 0 Å². The molecule has 0 heterocycles. The largest absolute Gasteiger partial charge is 0.756 e. The molecule has 0 aromatic carbocycles. The van der Waals surface area contributed by atoms with Gasteiger partial charge in [-0.05, 0) is 77.0 Å². The highest BCUT2D eigenvalue weighted by Gasteiger charge is 2.20. The number of rotatable bonds is 41. The molecule has 2 unspecified atom stereocenters. The van der Waals surface area contributed by atoms with Crippen LogP contribution in [-0.2, 0) is 27.9 Å². The van der Waals surface area contributed by atoms with Gasteiger partial charge in [-0.1, -0.05) is 152 Å². The Morgan fingerprint density at radius 2 is 1.04 bits per heavy atom. The minimum Gasteiger partial charge on any atom is -0.756 e. The standard InChI is InChI=1S/C47H86NO7P/c1-6-8-10-12-14-16-18-20-22-23-24-25-27-29-31-33-35-37-39-42-52-44-46(45-54-56(50,51)53-43-41-48(3,4)5)55-47(49)40-38-36-34-32-30-28-26-21-19-17-15-13-11-9-7-2/h9,11,15,17,21-23,26,30,32,46H,6-8,10,12-14,16,18-20,24-25,27-29,31,33-45H2,1-5H3/b11-9-,17-15-,23-22-,26-21-,32-30-. The van der Waals surface area contributed by atoms with E-state index in [0.717, 1.165) is 51.4 Å². The molecule has 0 aliphatic heterocycles. The summed E-state index contributed by atoms with van der Waals surface area (Å²) in [6.45, 7) is 5.22. The number of hydrogen-bond donors (Lipinski definition) is 0. The monoisotopic (exact) mass is 808 g/mol. The fourth-order valence-corrected chi connectivity index (χ4v) is 6.55. The van der Waals surface area contributed by atoms with Crippen LogP contribution in [0, 0.1) is 0 Å². The number of nitrogens with zero attached hydrogens (tertiary/aromatic N) is 1. The topological polar surface area (TPSA) is 94.1 Å². The van der Waals surface area contributed by atoms with Gasteiger partial charge in [0.15, 0.2) is 0 Å². The molecule has 326 valence electrons. The zero-order valence-corrected chi connectivity index (χ0v) is 37.7. The lowest BCUT2D eigenvalue weighted by atomic mass is 10.1. The van der Waals surface area contributed by atoms with E-state index in [-0.39, 0.29) is 32.2 Å². The summed E-state index contributed by atoms with van der Waals surface area (Å²) in [4.78, 5) is 25.0. The molecule has 2 atom stereocenters. The fraction of sp³-hybridized carbons (Fsp3) is 0.766. The van der Waals surface area contributed by atoms with Gasteiger partial charge in [0.25, 0.3) is 7.82 Å². The summed E-state index contributed by atoms with van der Waals surface area (Å²) in [5.74, 6) is -0.376. The predicted octanol–water partition coefficient (Wildman–Crippen LogP) is 12.7. The van der Waals surface area contributed by atoms with Crippen LogP contribution in [0.5, 0.6) is 0 Å². The van der Waals surface area contributed by atoms with Crippen molar-refractivity contribution in [2.24, 2.45) is 0 Å².